The first-order valence-electron chi connectivity index (χ1n) is 6.83. The molecule has 1 N–H and O–H groups in total. The lowest BCUT2D eigenvalue weighted by Crippen LogP contribution is -2.34. The van der Waals surface area contributed by atoms with Crippen LogP contribution in [0.15, 0.2) is 48.5 Å². The molecule has 0 saturated carbocycles. The number of hydrogen-bond acceptors (Lipinski definition) is 1. The number of nitrogens with zero attached hydrogens (tertiary/aromatic N) is 1. The molecule has 1 unspecified atom stereocenters. The molecule has 0 fully saturated rings. The third-order valence-electron chi connectivity index (χ3n) is 3.88. The van der Waals surface area contributed by atoms with E-state index >= 15 is 0 Å². The molecule has 1 atom stereocenters. The molecule has 0 aliphatic carbocycles. The van der Waals surface area contributed by atoms with Gasteiger partial charge in [0.05, 0.1) is 0 Å². The van der Waals surface area contributed by atoms with Crippen molar-refractivity contribution < 1.29 is 4.39 Å². The van der Waals surface area contributed by atoms with Crippen molar-refractivity contribution in [3.63, 3.8) is 0 Å². The molecule has 0 radical (unpaired) electrons. The summed E-state index contributed by atoms with van der Waals surface area (Å²) in [5, 5.41) is 8.28. The topological polar surface area (TPSA) is 27.1 Å². The van der Waals surface area contributed by atoms with Gasteiger partial charge in [-0.1, -0.05) is 36.4 Å². The first-order valence-corrected chi connectivity index (χ1v) is 6.83. The number of fused-ring (bicyclic) bond motifs is 1. The summed E-state index contributed by atoms with van der Waals surface area (Å²) < 4.78 is 12.9. The molecular weight excluding hydrogens is 251 g/mol. The second-order valence-corrected chi connectivity index (χ2v) is 5.31. The molecule has 3 rings (SSSR count). The van der Waals surface area contributed by atoms with Gasteiger partial charge in [-0.25, -0.2) is 4.39 Å². The normalized spacial score (nSPS) is 15.3. The van der Waals surface area contributed by atoms with Crippen molar-refractivity contribution in [3.05, 3.63) is 71.0 Å². The van der Waals surface area contributed by atoms with Crippen molar-refractivity contribution in [2.45, 2.75) is 25.9 Å². The van der Waals surface area contributed by atoms with Gasteiger partial charge in [-0.05, 0) is 36.6 Å². The van der Waals surface area contributed by atoms with Crippen LogP contribution in [-0.2, 0) is 13.0 Å². The summed E-state index contributed by atoms with van der Waals surface area (Å²) in [6, 6.07) is 14.9. The Balaban J connectivity index is 1.75. The molecule has 0 saturated heterocycles. The molecule has 0 aromatic heterocycles. The summed E-state index contributed by atoms with van der Waals surface area (Å²) in [5.41, 5.74) is 3.34. The Labute approximate surface area is 118 Å². The maximum absolute atomic E-state index is 12.9. The highest BCUT2D eigenvalue weighted by Gasteiger charge is 2.27. The standard InChI is InChI=1S/C17H17FN2/c1-12(10-13-6-8-15(18)9-7-13)20-11-14-4-2-3-5-16(14)17(20)19/h2-9,12,19H,10-11H2,1H3. The zero-order chi connectivity index (χ0) is 14.1. The van der Waals surface area contributed by atoms with E-state index in [1.54, 1.807) is 0 Å². The molecule has 2 aromatic carbocycles. The van der Waals surface area contributed by atoms with Crippen molar-refractivity contribution in [3.8, 4) is 0 Å². The Morgan fingerprint density at radius 3 is 2.55 bits per heavy atom. The van der Waals surface area contributed by atoms with Crippen LogP contribution in [0, 0.1) is 11.2 Å². The zero-order valence-corrected chi connectivity index (χ0v) is 11.4. The fourth-order valence-electron chi connectivity index (χ4n) is 2.75. The maximum Gasteiger partial charge on any atom is 0.128 e. The van der Waals surface area contributed by atoms with Crippen LogP contribution >= 0.6 is 0 Å². The summed E-state index contributed by atoms with van der Waals surface area (Å²) >= 11 is 0. The van der Waals surface area contributed by atoms with Crippen molar-refractivity contribution >= 4 is 5.84 Å². The Bertz CT molecular complexity index is 634. The molecular formula is C17H17FN2. The Hall–Kier alpha value is -2.16. The first kappa shape index (κ1) is 12.9. The summed E-state index contributed by atoms with van der Waals surface area (Å²) in [4.78, 5) is 2.11. The van der Waals surface area contributed by atoms with E-state index in [1.165, 1.54) is 17.7 Å². The largest absolute Gasteiger partial charge is 0.349 e. The minimum Gasteiger partial charge on any atom is -0.349 e. The van der Waals surface area contributed by atoms with Crippen LogP contribution in [0.2, 0.25) is 0 Å². The third kappa shape index (κ3) is 2.31. The minimum atomic E-state index is -0.206. The average Bonchev–Trinajstić information content (AvgIpc) is 2.79. The van der Waals surface area contributed by atoms with Crippen LogP contribution < -0.4 is 0 Å². The number of halogens is 1. The highest BCUT2D eigenvalue weighted by Crippen LogP contribution is 2.25. The number of benzene rings is 2. The van der Waals surface area contributed by atoms with Gasteiger partial charge in [0.1, 0.15) is 11.7 Å². The van der Waals surface area contributed by atoms with Gasteiger partial charge in [0.15, 0.2) is 0 Å². The average molecular weight is 268 g/mol. The first-order chi connectivity index (χ1) is 9.65. The monoisotopic (exact) mass is 268 g/mol. The third-order valence-corrected chi connectivity index (χ3v) is 3.88. The summed E-state index contributed by atoms with van der Waals surface area (Å²) in [6.45, 7) is 2.90. The molecule has 0 amide bonds. The van der Waals surface area contributed by atoms with Crippen molar-refractivity contribution in [1.82, 2.24) is 4.90 Å². The van der Waals surface area contributed by atoms with Gasteiger partial charge in [0, 0.05) is 18.2 Å². The quantitative estimate of drug-likeness (QED) is 0.904. The van der Waals surface area contributed by atoms with E-state index in [4.69, 9.17) is 5.41 Å². The van der Waals surface area contributed by atoms with Crippen LogP contribution in [-0.4, -0.2) is 16.8 Å². The minimum absolute atomic E-state index is 0.206. The highest BCUT2D eigenvalue weighted by molar-refractivity contribution is 6.00. The number of rotatable bonds is 3. The summed E-state index contributed by atoms with van der Waals surface area (Å²) in [6.07, 6.45) is 0.816. The molecule has 2 nitrogen and oxygen atoms in total. The lowest BCUT2D eigenvalue weighted by molar-refractivity contribution is 0.332. The van der Waals surface area contributed by atoms with Gasteiger partial charge in [0.2, 0.25) is 0 Å². The molecule has 20 heavy (non-hydrogen) atoms. The molecule has 102 valence electrons. The van der Waals surface area contributed by atoms with Crippen molar-refractivity contribution in [1.29, 1.82) is 5.41 Å². The molecule has 0 bridgehead atoms. The Morgan fingerprint density at radius 1 is 1.15 bits per heavy atom. The molecule has 1 aliphatic rings. The van der Waals surface area contributed by atoms with Gasteiger partial charge in [-0.15, -0.1) is 0 Å². The number of amidine groups is 1. The van der Waals surface area contributed by atoms with E-state index in [1.807, 2.05) is 30.3 Å². The fraction of sp³-hybridized carbons (Fsp3) is 0.235. The van der Waals surface area contributed by atoms with Gasteiger partial charge in [-0.2, -0.15) is 0 Å². The van der Waals surface area contributed by atoms with E-state index in [0.29, 0.717) is 5.84 Å². The Kier molecular flexibility index (Phi) is 3.26. The molecule has 1 aliphatic heterocycles. The van der Waals surface area contributed by atoms with Gasteiger partial charge in [0.25, 0.3) is 0 Å². The van der Waals surface area contributed by atoms with E-state index in [-0.39, 0.29) is 11.9 Å². The van der Waals surface area contributed by atoms with E-state index in [0.717, 1.165) is 24.1 Å². The zero-order valence-electron chi connectivity index (χ0n) is 11.4. The predicted octanol–water partition coefficient (Wildman–Crippen LogP) is 3.60. The lowest BCUT2D eigenvalue weighted by atomic mass is 10.1. The van der Waals surface area contributed by atoms with Crippen LogP contribution in [0.1, 0.15) is 23.6 Å². The van der Waals surface area contributed by atoms with Crippen LogP contribution in [0.5, 0.6) is 0 Å². The van der Waals surface area contributed by atoms with Crippen molar-refractivity contribution in [2.75, 3.05) is 0 Å². The van der Waals surface area contributed by atoms with E-state index in [9.17, 15) is 4.39 Å². The van der Waals surface area contributed by atoms with E-state index < -0.39 is 0 Å². The fourth-order valence-corrected chi connectivity index (χ4v) is 2.75. The van der Waals surface area contributed by atoms with Crippen molar-refractivity contribution in [2.24, 2.45) is 0 Å². The lowest BCUT2D eigenvalue weighted by Gasteiger charge is -2.26. The maximum atomic E-state index is 12.9. The van der Waals surface area contributed by atoms with Crippen LogP contribution in [0.3, 0.4) is 0 Å². The number of hydrogen-bond donors (Lipinski definition) is 1. The van der Waals surface area contributed by atoms with Gasteiger partial charge < -0.3 is 4.90 Å². The molecule has 1 heterocycles. The summed E-state index contributed by atoms with van der Waals surface area (Å²) in [7, 11) is 0. The SMILES string of the molecule is CC(Cc1ccc(F)cc1)N1Cc2ccccc2C1=N. The van der Waals surface area contributed by atoms with Gasteiger partial charge in [-0.3, -0.25) is 5.41 Å². The van der Waals surface area contributed by atoms with Gasteiger partial charge >= 0.3 is 0 Å². The molecule has 0 spiro atoms. The van der Waals surface area contributed by atoms with Crippen LogP contribution in [0.25, 0.3) is 0 Å². The Morgan fingerprint density at radius 2 is 1.85 bits per heavy atom. The number of nitrogens with one attached hydrogen (secondary N) is 1. The smallest absolute Gasteiger partial charge is 0.128 e. The van der Waals surface area contributed by atoms with Crippen LogP contribution in [0.4, 0.5) is 4.39 Å². The molecule has 2 aromatic rings. The summed E-state index contributed by atoms with van der Waals surface area (Å²) in [5.74, 6) is 0.387. The predicted molar refractivity (Wildman–Crippen MR) is 78.4 cm³/mol. The second kappa shape index (κ2) is 5.08. The second-order valence-electron chi connectivity index (χ2n) is 5.31. The van der Waals surface area contributed by atoms with E-state index in [2.05, 4.69) is 17.9 Å². The molecule has 3 heteroatoms. The highest BCUT2D eigenvalue weighted by atomic mass is 19.1.